The number of carbonyl (C=O) groups is 2. The van der Waals surface area contributed by atoms with Crippen LogP contribution in [0, 0.1) is 5.82 Å². The minimum Gasteiger partial charge on any atom is -0.507 e. The number of hydrogen-bond donors (Lipinski definition) is 1. The highest BCUT2D eigenvalue weighted by atomic mass is 19.1. The number of ketones is 1. The lowest BCUT2D eigenvalue weighted by molar-refractivity contribution is -0.140. The number of halogens is 1. The number of amides is 1. The fourth-order valence-electron chi connectivity index (χ4n) is 3.56. The number of benzene rings is 2. The van der Waals surface area contributed by atoms with Gasteiger partial charge in [0.15, 0.2) is 0 Å². The summed E-state index contributed by atoms with van der Waals surface area (Å²) >= 11 is 0. The summed E-state index contributed by atoms with van der Waals surface area (Å²) in [5, 5.41) is 11.0. The van der Waals surface area contributed by atoms with Crippen molar-refractivity contribution in [1.29, 1.82) is 0 Å². The van der Waals surface area contributed by atoms with E-state index in [9.17, 15) is 19.1 Å². The van der Waals surface area contributed by atoms with E-state index in [2.05, 4.69) is 0 Å². The van der Waals surface area contributed by atoms with Gasteiger partial charge in [-0.3, -0.25) is 9.59 Å². The standard InChI is InChI=1S/C24H27FN2O4/c1-15(2)31-17-11-9-16(10-12-17)22(28)20-21(18-7-5-6-8-19(18)25)27(14-13-26(3)4)24(30)23(20)29/h5-12,15,21,28H,13-14H2,1-4H3/b22-20+/t21-/m1/s1. The Morgan fingerprint density at radius 3 is 2.35 bits per heavy atom. The minimum absolute atomic E-state index is 0.0116. The fraction of sp³-hybridized carbons (Fsp3) is 0.333. The number of hydrogen-bond acceptors (Lipinski definition) is 5. The van der Waals surface area contributed by atoms with Crippen LogP contribution in [-0.2, 0) is 9.59 Å². The van der Waals surface area contributed by atoms with Gasteiger partial charge in [0.25, 0.3) is 11.7 Å². The summed E-state index contributed by atoms with van der Waals surface area (Å²) < 4.78 is 20.3. The van der Waals surface area contributed by atoms with Crippen LogP contribution in [-0.4, -0.2) is 59.9 Å². The number of rotatable bonds is 7. The number of aliphatic hydroxyl groups excluding tert-OH is 1. The van der Waals surface area contributed by atoms with E-state index in [4.69, 9.17) is 4.74 Å². The third-order valence-corrected chi connectivity index (χ3v) is 5.03. The van der Waals surface area contributed by atoms with Crippen molar-refractivity contribution in [3.8, 4) is 5.75 Å². The summed E-state index contributed by atoms with van der Waals surface area (Å²) in [4.78, 5) is 28.9. The van der Waals surface area contributed by atoms with Gasteiger partial charge in [0, 0.05) is 24.2 Å². The van der Waals surface area contributed by atoms with Crippen molar-refractivity contribution in [3.05, 3.63) is 71.0 Å². The SMILES string of the molecule is CC(C)Oc1ccc(/C(O)=C2\C(=O)C(=O)N(CCN(C)C)[C@@H]2c2ccccc2F)cc1. The third-order valence-electron chi connectivity index (χ3n) is 5.03. The number of likely N-dealkylation sites (N-methyl/N-ethyl adjacent to an activating group) is 1. The molecule has 1 atom stereocenters. The lowest BCUT2D eigenvalue weighted by Crippen LogP contribution is -2.35. The van der Waals surface area contributed by atoms with Crippen LogP contribution in [0.15, 0.2) is 54.1 Å². The summed E-state index contributed by atoms with van der Waals surface area (Å²) in [6, 6.07) is 11.6. The molecule has 0 unspecified atom stereocenters. The number of likely N-dealkylation sites (tertiary alicyclic amines) is 1. The molecule has 2 aromatic rings. The van der Waals surface area contributed by atoms with Crippen molar-refractivity contribution in [2.75, 3.05) is 27.2 Å². The van der Waals surface area contributed by atoms with Crippen molar-refractivity contribution in [3.63, 3.8) is 0 Å². The van der Waals surface area contributed by atoms with Crippen LogP contribution < -0.4 is 4.74 Å². The molecule has 164 valence electrons. The first-order chi connectivity index (χ1) is 14.7. The molecule has 0 aromatic heterocycles. The van der Waals surface area contributed by atoms with Gasteiger partial charge in [0.1, 0.15) is 17.3 Å². The molecule has 6 nitrogen and oxygen atoms in total. The molecular formula is C24H27FN2O4. The lowest BCUT2D eigenvalue weighted by atomic mass is 9.95. The number of ether oxygens (including phenoxy) is 1. The summed E-state index contributed by atoms with van der Waals surface area (Å²) in [5.74, 6) is -1.85. The van der Waals surface area contributed by atoms with Crippen LogP contribution in [0.2, 0.25) is 0 Å². The third kappa shape index (κ3) is 4.77. The molecule has 0 saturated carbocycles. The lowest BCUT2D eigenvalue weighted by Gasteiger charge is -2.26. The number of Topliss-reactive ketones (excluding diaryl/α,β-unsaturated/α-hetero) is 1. The first-order valence-corrected chi connectivity index (χ1v) is 10.2. The van der Waals surface area contributed by atoms with E-state index in [-0.39, 0.29) is 29.5 Å². The normalized spacial score (nSPS) is 18.3. The molecule has 31 heavy (non-hydrogen) atoms. The second-order valence-corrected chi connectivity index (χ2v) is 8.01. The predicted molar refractivity (Wildman–Crippen MR) is 116 cm³/mol. The second-order valence-electron chi connectivity index (χ2n) is 8.01. The summed E-state index contributed by atoms with van der Waals surface area (Å²) in [5.41, 5.74) is 0.399. The van der Waals surface area contributed by atoms with Gasteiger partial charge < -0.3 is 19.6 Å². The van der Waals surface area contributed by atoms with Gasteiger partial charge in [-0.2, -0.15) is 0 Å². The smallest absolute Gasteiger partial charge is 0.295 e. The molecule has 1 N–H and O–H groups in total. The Labute approximate surface area is 181 Å². The Morgan fingerprint density at radius 2 is 1.77 bits per heavy atom. The summed E-state index contributed by atoms with van der Waals surface area (Å²) in [7, 11) is 3.69. The van der Waals surface area contributed by atoms with E-state index in [0.29, 0.717) is 17.9 Å². The summed E-state index contributed by atoms with van der Waals surface area (Å²) in [6.07, 6.45) is -0.0116. The minimum atomic E-state index is -1.01. The van der Waals surface area contributed by atoms with Gasteiger partial charge >= 0.3 is 0 Å². The van der Waals surface area contributed by atoms with Crippen molar-refractivity contribution in [1.82, 2.24) is 9.80 Å². The maximum Gasteiger partial charge on any atom is 0.295 e. The van der Waals surface area contributed by atoms with Crippen molar-refractivity contribution in [2.24, 2.45) is 0 Å². The molecule has 0 radical (unpaired) electrons. The molecule has 1 aliphatic rings. The zero-order valence-electron chi connectivity index (χ0n) is 18.1. The molecule has 7 heteroatoms. The molecule has 3 rings (SSSR count). The Hall–Kier alpha value is -3.19. The van der Waals surface area contributed by atoms with Gasteiger partial charge in [-0.15, -0.1) is 0 Å². The van der Waals surface area contributed by atoms with Gasteiger partial charge in [-0.1, -0.05) is 18.2 Å². The molecule has 0 bridgehead atoms. The van der Waals surface area contributed by atoms with E-state index in [1.807, 2.05) is 32.8 Å². The van der Waals surface area contributed by atoms with E-state index < -0.39 is 23.5 Å². The van der Waals surface area contributed by atoms with Gasteiger partial charge in [0.05, 0.1) is 17.7 Å². The number of nitrogens with zero attached hydrogens (tertiary/aromatic N) is 2. The highest BCUT2D eigenvalue weighted by Crippen LogP contribution is 2.40. The van der Waals surface area contributed by atoms with E-state index >= 15 is 0 Å². The maximum atomic E-state index is 14.7. The zero-order valence-corrected chi connectivity index (χ0v) is 18.1. The zero-order chi connectivity index (χ0) is 22.7. The van der Waals surface area contributed by atoms with E-state index in [1.54, 1.807) is 30.3 Å². The summed E-state index contributed by atoms with van der Waals surface area (Å²) in [6.45, 7) is 4.50. The Kier molecular flexibility index (Phi) is 6.75. The molecule has 0 aliphatic carbocycles. The fourth-order valence-corrected chi connectivity index (χ4v) is 3.56. The van der Waals surface area contributed by atoms with Gasteiger partial charge in [-0.25, -0.2) is 4.39 Å². The molecule has 1 fully saturated rings. The highest BCUT2D eigenvalue weighted by molar-refractivity contribution is 6.46. The van der Waals surface area contributed by atoms with Gasteiger partial charge in [0.2, 0.25) is 0 Å². The quantitative estimate of drug-likeness (QED) is 0.416. The topological polar surface area (TPSA) is 70.1 Å². The Bertz CT molecular complexity index is 999. The van der Waals surface area contributed by atoms with E-state index in [1.165, 1.54) is 23.1 Å². The largest absolute Gasteiger partial charge is 0.507 e. The highest BCUT2D eigenvalue weighted by Gasteiger charge is 2.46. The molecule has 1 heterocycles. The number of carbonyl (C=O) groups excluding carboxylic acids is 2. The molecule has 1 amide bonds. The Morgan fingerprint density at radius 1 is 1.13 bits per heavy atom. The first kappa shape index (κ1) is 22.5. The van der Waals surface area contributed by atoms with E-state index in [0.717, 1.165) is 0 Å². The average Bonchev–Trinajstić information content (AvgIpc) is 2.96. The molecule has 0 spiro atoms. The monoisotopic (exact) mass is 426 g/mol. The van der Waals surface area contributed by atoms with Crippen LogP contribution in [0.5, 0.6) is 5.75 Å². The first-order valence-electron chi connectivity index (χ1n) is 10.2. The van der Waals surface area contributed by atoms with Gasteiger partial charge in [-0.05, 0) is 58.3 Å². The maximum absolute atomic E-state index is 14.7. The molecule has 2 aromatic carbocycles. The molecule has 1 saturated heterocycles. The number of aliphatic hydroxyl groups is 1. The molecular weight excluding hydrogens is 399 g/mol. The predicted octanol–water partition coefficient (Wildman–Crippen LogP) is 3.60. The van der Waals surface area contributed by atoms with Crippen molar-refractivity contribution >= 4 is 17.4 Å². The van der Waals surface area contributed by atoms with Crippen molar-refractivity contribution < 1.29 is 23.8 Å². The van der Waals surface area contributed by atoms with Crippen LogP contribution in [0.25, 0.3) is 5.76 Å². The Balaban J connectivity index is 2.09. The van der Waals surface area contributed by atoms with Crippen LogP contribution in [0.3, 0.4) is 0 Å². The van der Waals surface area contributed by atoms with Crippen molar-refractivity contribution in [2.45, 2.75) is 26.0 Å². The van der Waals surface area contributed by atoms with Crippen LogP contribution in [0.1, 0.15) is 31.0 Å². The van der Waals surface area contributed by atoms with Crippen LogP contribution in [0.4, 0.5) is 4.39 Å². The average molecular weight is 426 g/mol. The molecule has 1 aliphatic heterocycles. The van der Waals surface area contributed by atoms with Crippen LogP contribution >= 0.6 is 0 Å². The second kappa shape index (κ2) is 9.31.